The maximum atomic E-state index is 12.3. The van der Waals surface area contributed by atoms with Crippen LogP contribution in [0.3, 0.4) is 0 Å². The Bertz CT molecular complexity index is 525. The molecular formula is C22H36O4. The Morgan fingerprint density at radius 3 is 1.23 bits per heavy atom. The third-order valence-electron chi connectivity index (χ3n) is 7.28. The van der Waals surface area contributed by atoms with Crippen LogP contribution < -0.4 is 0 Å². The van der Waals surface area contributed by atoms with E-state index >= 15 is 0 Å². The maximum Gasteiger partial charge on any atom is 0.331 e. The van der Waals surface area contributed by atoms with Crippen LogP contribution in [0.2, 0.25) is 0 Å². The quantitative estimate of drug-likeness (QED) is 0.498. The molecule has 0 aromatic heterocycles. The molecule has 4 heteroatoms. The van der Waals surface area contributed by atoms with E-state index in [0.717, 1.165) is 51.4 Å². The first-order valence-electron chi connectivity index (χ1n) is 10.0. The summed E-state index contributed by atoms with van der Waals surface area (Å²) in [7, 11) is 0. The Balaban J connectivity index is 1.96. The molecule has 148 valence electrons. The second-order valence-corrected chi connectivity index (χ2v) is 9.82. The molecule has 0 aromatic carbocycles. The van der Waals surface area contributed by atoms with Crippen molar-refractivity contribution in [3.05, 3.63) is 12.2 Å². The van der Waals surface area contributed by atoms with Crippen molar-refractivity contribution in [2.24, 2.45) is 10.8 Å². The van der Waals surface area contributed by atoms with Gasteiger partial charge in [-0.15, -0.1) is 0 Å². The van der Waals surface area contributed by atoms with Crippen molar-refractivity contribution in [1.82, 2.24) is 0 Å². The van der Waals surface area contributed by atoms with Crippen LogP contribution in [0.5, 0.6) is 0 Å². The summed E-state index contributed by atoms with van der Waals surface area (Å²) in [4.78, 5) is 24.6. The van der Waals surface area contributed by atoms with Crippen molar-refractivity contribution in [1.29, 1.82) is 0 Å². The van der Waals surface area contributed by atoms with Gasteiger partial charge in [-0.25, -0.2) is 9.59 Å². The van der Waals surface area contributed by atoms with E-state index in [9.17, 15) is 9.59 Å². The van der Waals surface area contributed by atoms with E-state index in [1.807, 2.05) is 13.8 Å². The second kappa shape index (κ2) is 7.36. The van der Waals surface area contributed by atoms with E-state index in [-0.39, 0.29) is 10.8 Å². The van der Waals surface area contributed by atoms with Gasteiger partial charge in [0.25, 0.3) is 0 Å². The summed E-state index contributed by atoms with van der Waals surface area (Å²) in [5.74, 6) is -0.931. The Kier molecular flexibility index (Phi) is 5.94. The third-order valence-corrected chi connectivity index (χ3v) is 7.28. The Labute approximate surface area is 158 Å². The lowest BCUT2D eigenvalue weighted by molar-refractivity contribution is -0.174. The predicted octanol–water partition coefficient (Wildman–Crippen LogP) is 5.35. The van der Waals surface area contributed by atoms with Gasteiger partial charge in [-0.3, -0.25) is 0 Å². The van der Waals surface area contributed by atoms with Crippen molar-refractivity contribution in [3.63, 3.8) is 0 Å². The van der Waals surface area contributed by atoms with Gasteiger partial charge in [0.1, 0.15) is 11.2 Å². The monoisotopic (exact) mass is 364 g/mol. The summed E-state index contributed by atoms with van der Waals surface area (Å²) in [5.41, 5.74) is -1.11. The highest BCUT2D eigenvalue weighted by molar-refractivity contribution is 5.92. The fraction of sp³-hybridized carbons (Fsp3) is 0.818. The van der Waals surface area contributed by atoms with Gasteiger partial charge in [0.05, 0.1) is 0 Å². The van der Waals surface area contributed by atoms with Gasteiger partial charge in [0.15, 0.2) is 0 Å². The van der Waals surface area contributed by atoms with Crippen LogP contribution in [0.1, 0.15) is 92.9 Å². The molecule has 26 heavy (non-hydrogen) atoms. The average Bonchev–Trinajstić information content (AvgIpc) is 2.51. The number of ether oxygens (including phenoxy) is 2. The summed E-state index contributed by atoms with van der Waals surface area (Å²) in [6.07, 6.45) is 10.7. The van der Waals surface area contributed by atoms with E-state index in [1.165, 1.54) is 12.2 Å². The molecule has 2 saturated carbocycles. The molecule has 2 unspecified atom stereocenters. The fourth-order valence-corrected chi connectivity index (χ4v) is 4.29. The minimum atomic E-state index is -0.492. The van der Waals surface area contributed by atoms with E-state index < -0.39 is 23.1 Å². The van der Waals surface area contributed by atoms with Gasteiger partial charge in [-0.2, -0.15) is 0 Å². The van der Waals surface area contributed by atoms with Crippen molar-refractivity contribution < 1.29 is 19.1 Å². The van der Waals surface area contributed by atoms with Gasteiger partial charge < -0.3 is 9.47 Å². The molecule has 2 aliphatic rings. The minimum absolute atomic E-state index is 0.0607. The lowest BCUT2D eigenvalue weighted by Crippen LogP contribution is -2.48. The first-order chi connectivity index (χ1) is 11.9. The molecule has 4 nitrogen and oxygen atoms in total. The van der Waals surface area contributed by atoms with Crippen molar-refractivity contribution in [3.8, 4) is 0 Å². The van der Waals surface area contributed by atoms with Gasteiger partial charge in [0.2, 0.25) is 0 Å². The normalized spacial score (nSPS) is 33.6. The average molecular weight is 365 g/mol. The topological polar surface area (TPSA) is 52.6 Å². The molecule has 2 fully saturated rings. The fourth-order valence-electron chi connectivity index (χ4n) is 4.29. The Hall–Kier alpha value is -1.32. The molecule has 2 rings (SSSR count). The van der Waals surface area contributed by atoms with Gasteiger partial charge in [-0.1, -0.05) is 40.5 Å². The molecule has 0 N–H and O–H groups in total. The van der Waals surface area contributed by atoms with Crippen molar-refractivity contribution in [2.75, 3.05) is 0 Å². The van der Waals surface area contributed by atoms with E-state index in [1.54, 1.807) is 0 Å². The number of hydrogen-bond donors (Lipinski definition) is 0. The number of rotatable bonds is 4. The first kappa shape index (κ1) is 21.0. The van der Waals surface area contributed by atoms with Gasteiger partial charge >= 0.3 is 11.9 Å². The Morgan fingerprint density at radius 2 is 0.923 bits per heavy atom. The van der Waals surface area contributed by atoms with Crippen LogP contribution in [0, 0.1) is 10.8 Å². The molecule has 0 aliphatic heterocycles. The highest BCUT2D eigenvalue weighted by Crippen LogP contribution is 2.47. The van der Waals surface area contributed by atoms with Crippen molar-refractivity contribution in [2.45, 2.75) is 104 Å². The number of carbonyl (C=O) groups is 2. The van der Waals surface area contributed by atoms with Gasteiger partial charge in [-0.05, 0) is 52.4 Å². The zero-order valence-corrected chi connectivity index (χ0v) is 17.4. The van der Waals surface area contributed by atoms with Crippen LogP contribution >= 0.6 is 0 Å². The highest BCUT2D eigenvalue weighted by atomic mass is 16.6. The van der Waals surface area contributed by atoms with Crippen LogP contribution in [0.25, 0.3) is 0 Å². The molecule has 0 radical (unpaired) electrons. The van der Waals surface area contributed by atoms with E-state index in [4.69, 9.17) is 9.47 Å². The third kappa shape index (κ3) is 4.32. The first-order valence-corrected chi connectivity index (χ1v) is 10.0. The minimum Gasteiger partial charge on any atom is -0.456 e. The smallest absolute Gasteiger partial charge is 0.331 e. The molecule has 2 aliphatic carbocycles. The SMILES string of the molecule is CC1(C)CCCCC1(C)OC(=O)C=CC(=O)OC1(C)CCCCC1(C)C. The molecule has 2 atom stereocenters. The molecule has 0 aromatic rings. The lowest BCUT2D eigenvalue weighted by Gasteiger charge is -2.47. The summed E-state index contributed by atoms with van der Waals surface area (Å²) >= 11 is 0. The van der Waals surface area contributed by atoms with E-state index in [2.05, 4.69) is 27.7 Å². The van der Waals surface area contributed by atoms with Crippen LogP contribution in [-0.4, -0.2) is 23.1 Å². The van der Waals surface area contributed by atoms with Crippen LogP contribution in [0.4, 0.5) is 0 Å². The molecule has 0 bridgehead atoms. The molecular weight excluding hydrogens is 328 g/mol. The van der Waals surface area contributed by atoms with E-state index in [0.29, 0.717) is 0 Å². The van der Waals surface area contributed by atoms with Gasteiger partial charge in [0, 0.05) is 23.0 Å². The summed E-state index contributed by atoms with van der Waals surface area (Å²) in [6.45, 7) is 12.6. The summed E-state index contributed by atoms with van der Waals surface area (Å²) < 4.78 is 11.5. The predicted molar refractivity (Wildman–Crippen MR) is 103 cm³/mol. The second-order valence-electron chi connectivity index (χ2n) is 9.82. The van der Waals surface area contributed by atoms with Crippen LogP contribution in [-0.2, 0) is 19.1 Å². The van der Waals surface area contributed by atoms with Crippen molar-refractivity contribution >= 4 is 11.9 Å². The molecule has 0 heterocycles. The molecule has 0 saturated heterocycles. The summed E-state index contributed by atoms with van der Waals surface area (Å²) in [5, 5.41) is 0. The highest BCUT2D eigenvalue weighted by Gasteiger charge is 2.47. The largest absolute Gasteiger partial charge is 0.456 e. The maximum absolute atomic E-state index is 12.3. The summed E-state index contributed by atoms with van der Waals surface area (Å²) in [6, 6.07) is 0. The number of carbonyl (C=O) groups excluding carboxylic acids is 2. The van der Waals surface area contributed by atoms with Crippen LogP contribution in [0.15, 0.2) is 12.2 Å². The standard InChI is InChI=1S/C22H36O4/c1-19(2)13-7-9-15-21(19,5)25-17(23)11-12-18(24)26-22(6)16-10-8-14-20(22,3)4/h11-12H,7-10,13-16H2,1-6H3. The number of esters is 2. The Morgan fingerprint density at radius 1 is 0.615 bits per heavy atom. The zero-order chi connectivity index (χ0) is 19.6. The lowest BCUT2D eigenvalue weighted by atomic mass is 9.66. The molecule has 0 amide bonds. The zero-order valence-electron chi connectivity index (χ0n) is 17.4. The number of hydrogen-bond acceptors (Lipinski definition) is 4. The molecule has 0 spiro atoms.